The molecule has 0 aromatic heterocycles. The Morgan fingerprint density at radius 2 is 1.24 bits per heavy atom. The summed E-state index contributed by atoms with van der Waals surface area (Å²) < 4.78 is 0. The molecule has 0 radical (unpaired) electrons. The van der Waals surface area contributed by atoms with Crippen molar-refractivity contribution in [2.45, 2.75) is 32.8 Å². The molecule has 0 aliphatic heterocycles. The van der Waals surface area contributed by atoms with Gasteiger partial charge in [-0.3, -0.25) is 5.26 Å². The van der Waals surface area contributed by atoms with Crippen molar-refractivity contribution < 1.29 is 10.1 Å². The van der Waals surface area contributed by atoms with Gasteiger partial charge in [-0.15, -0.1) is 0 Å². The Labute approximate surface area is 149 Å². The van der Waals surface area contributed by atoms with Crippen LogP contribution in [0.5, 0.6) is 0 Å². The van der Waals surface area contributed by atoms with E-state index >= 15 is 0 Å². The summed E-state index contributed by atoms with van der Waals surface area (Å²) in [6.45, 7) is 4.25. The van der Waals surface area contributed by atoms with Gasteiger partial charge in [-0.2, -0.15) is 0 Å². The molecule has 0 bridgehead atoms. The molecule has 0 aliphatic carbocycles. The Bertz CT molecular complexity index is 787. The average Bonchev–Trinajstić information content (AvgIpc) is 2.65. The standard InChI is InChI=1S/C23H24O2/c1-3-4-18-7-11-21(12-8-18)23(25-24)22-15-13-20(14-16-22)19-9-5-17(2)6-10-19/h5-16,23-24H,3-4H2,1-2H3. The van der Waals surface area contributed by atoms with E-state index in [1.165, 1.54) is 16.7 Å². The van der Waals surface area contributed by atoms with E-state index in [-0.39, 0.29) is 0 Å². The minimum Gasteiger partial charge on any atom is -0.251 e. The molecule has 0 fully saturated rings. The highest BCUT2D eigenvalue weighted by molar-refractivity contribution is 5.64. The second kappa shape index (κ2) is 8.11. The second-order valence-electron chi connectivity index (χ2n) is 6.47. The van der Waals surface area contributed by atoms with Crippen LogP contribution in [0.4, 0.5) is 0 Å². The van der Waals surface area contributed by atoms with E-state index in [2.05, 4.69) is 62.4 Å². The van der Waals surface area contributed by atoms with Crippen LogP contribution in [-0.4, -0.2) is 5.26 Å². The molecule has 1 atom stereocenters. The fourth-order valence-electron chi connectivity index (χ4n) is 3.06. The maximum absolute atomic E-state index is 9.42. The highest BCUT2D eigenvalue weighted by Gasteiger charge is 2.15. The molecule has 3 aromatic carbocycles. The van der Waals surface area contributed by atoms with Crippen molar-refractivity contribution in [3.63, 3.8) is 0 Å². The molecule has 3 aromatic rings. The number of benzene rings is 3. The third kappa shape index (κ3) is 4.16. The summed E-state index contributed by atoms with van der Waals surface area (Å²) >= 11 is 0. The average molecular weight is 332 g/mol. The number of hydrogen-bond donors (Lipinski definition) is 1. The number of aryl methyl sites for hydroxylation is 2. The molecule has 0 saturated heterocycles. The van der Waals surface area contributed by atoms with Gasteiger partial charge in [0.1, 0.15) is 6.10 Å². The summed E-state index contributed by atoms with van der Waals surface area (Å²) in [6, 6.07) is 24.9. The van der Waals surface area contributed by atoms with E-state index in [9.17, 15) is 5.26 Å². The Morgan fingerprint density at radius 1 is 0.760 bits per heavy atom. The molecule has 3 rings (SSSR count). The van der Waals surface area contributed by atoms with Crippen molar-refractivity contribution in [1.82, 2.24) is 0 Å². The zero-order chi connectivity index (χ0) is 17.6. The molecule has 0 spiro atoms. The van der Waals surface area contributed by atoms with Crippen LogP contribution in [-0.2, 0) is 11.3 Å². The lowest BCUT2D eigenvalue weighted by Gasteiger charge is -2.15. The van der Waals surface area contributed by atoms with Gasteiger partial charge in [0.25, 0.3) is 0 Å². The molecule has 0 saturated carbocycles. The molecule has 0 heterocycles. The third-order valence-electron chi connectivity index (χ3n) is 4.52. The summed E-state index contributed by atoms with van der Waals surface area (Å²) in [5, 5.41) is 9.42. The summed E-state index contributed by atoms with van der Waals surface area (Å²) in [5.74, 6) is 0. The van der Waals surface area contributed by atoms with Crippen molar-refractivity contribution in [3.05, 3.63) is 95.1 Å². The predicted octanol–water partition coefficient (Wildman–Crippen LogP) is 6.19. The van der Waals surface area contributed by atoms with Gasteiger partial charge in [-0.05, 0) is 41.2 Å². The molecule has 1 N–H and O–H groups in total. The van der Waals surface area contributed by atoms with Gasteiger partial charge < -0.3 is 0 Å². The van der Waals surface area contributed by atoms with Crippen LogP contribution in [0.2, 0.25) is 0 Å². The zero-order valence-corrected chi connectivity index (χ0v) is 14.8. The predicted molar refractivity (Wildman–Crippen MR) is 103 cm³/mol. The summed E-state index contributed by atoms with van der Waals surface area (Å²) in [6.07, 6.45) is 1.72. The van der Waals surface area contributed by atoms with Crippen molar-refractivity contribution in [1.29, 1.82) is 0 Å². The Morgan fingerprint density at radius 3 is 1.72 bits per heavy atom. The highest BCUT2D eigenvalue weighted by atomic mass is 17.1. The van der Waals surface area contributed by atoms with Gasteiger partial charge in [-0.1, -0.05) is 91.7 Å². The summed E-state index contributed by atoms with van der Waals surface area (Å²) in [7, 11) is 0. The zero-order valence-electron chi connectivity index (χ0n) is 14.8. The lowest BCUT2D eigenvalue weighted by molar-refractivity contribution is -0.270. The first-order valence-corrected chi connectivity index (χ1v) is 8.77. The number of hydrogen-bond acceptors (Lipinski definition) is 2. The first-order chi connectivity index (χ1) is 12.2. The number of rotatable bonds is 6. The largest absolute Gasteiger partial charge is 0.251 e. The lowest BCUT2D eigenvalue weighted by Crippen LogP contribution is -2.04. The fourth-order valence-corrected chi connectivity index (χ4v) is 3.06. The van der Waals surface area contributed by atoms with E-state index < -0.39 is 6.10 Å². The minimum absolute atomic E-state index is 0.470. The fraction of sp³-hybridized carbons (Fsp3) is 0.217. The lowest BCUT2D eigenvalue weighted by atomic mass is 9.97. The third-order valence-corrected chi connectivity index (χ3v) is 4.52. The Kier molecular flexibility index (Phi) is 5.64. The molecule has 25 heavy (non-hydrogen) atoms. The molecule has 2 nitrogen and oxygen atoms in total. The molecule has 0 aliphatic rings. The molecule has 2 heteroatoms. The van der Waals surface area contributed by atoms with Crippen LogP contribution in [0.3, 0.4) is 0 Å². The van der Waals surface area contributed by atoms with Crippen LogP contribution >= 0.6 is 0 Å². The Hall–Kier alpha value is -2.42. The van der Waals surface area contributed by atoms with Crippen LogP contribution in [0.25, 0.3) is 11.1 Å². The van der Waals surface area contributed by atoms with Gasteiger partial charge in [0, 0.05) is 0 Å². The quantitative estimate of drug-likeness (QED) is 0.430. The summed E-state index contributed by atoms with van der Waals surface area (Å²) in [4.78, 5) is 4.78. The van der Waals surface area contributed by atoms with Gasteiger partial charge in [0.2, 0.25) is 0 Å². The van der Waals surface area contributed by atoms with Crippen molar-refractivity contribution in [2.75, 3.05) is 0 Å². The molecular weight excluding hydrogens is 308 g/mol. The van der Waals surface area contributed by atoms with Gasteiger partial charge >= 0.3 is 0 Å². The van der Waals surface area contributed by atoms with Gasteiger partial charge in [-0.25, -0.2) is 4.89 Å². The van der Waals surface area contributed by atoms with Gasteiger partial charge in [0.15, 0.2) is 0 Å². The second-order valence-corrected chi connectivity index (χ2v) is 6.47. The van der Waals surface area contributed by atoms with Crippen LogP contribution in [0, 0.1) is 6.92 Å². The first kappa shape index (κ1) is 17.4. The molecular formula is C23H24O2. The topological polar surface area (TPSA) is 29.5 Å². The van der Waals surface area contributed by atoms with Crippen LogP contribution in [0.1, 0.15) is 41.7 Å². The van der Waals surface area contributed by atoms with E-state index in [1.54, 1.807) is 0 Å². The van der Waals surface area contributed by atoms with Crippen molar-refractivity contribution in [3.8, 4) is 11.1 Å². The van der Waals surface area contributed by atoms with E-state index in [4.69, 9.17) is 4.89 Å². The Balaban J connectivity index is 1.82. The molecule has 1 unspecified atom stereocenters. The smallest absolute Gasteiger partial charge is 0.143 e. The van der Waals surface area contributed by atoms with E-state index in [1.807, 2.05) is 24.3 Å². The maximum Gasteiger partial charge on any atom is 0.143 e. The highest BCUT2D eigenvalue weighted by Crippen LogP contribution is 2.28. The van der Waals surface area contributed by atoms with Crippen molar-refractivity contribution in [2.24, 2.45) is 0 Å². The maximum atomic E-state index is 9.42. The minimum atomic E-state index is -0.470. The van der Waals surface area contributed by atoms with Crippen LogP contribution < -0.4 is 0 Å². The monoisotopic (exact) mass is 332 g/mol. The van der Waals surface area contributed by atoms with Crippen molar-refractivity contribution >= 4 is 0 Å². The van der Waals surface area contributed by atoms with Crippen LogP contribution in [0.15, 0.2) is 72.8 Å². The SMILES string of the molecule is CCCc1ccc(C(OO)c2ccc(-c3ccc(C)cc3)cc2)cc1. The van der Waals surface area contributed by atoms with E-state index in [0.717, 1.165) is 29.5 Å². The van der Waals surface area contributed by atoms with Gasteiger partial charge in [0.05, 0.1) is 0 Å². The molecule has 128 valence electrons. The first-order valence-electron chi connectivity index (χ1n) is 8.77. The summed E-state index contributed by atoms with van der Waals surface area (Å²) in [5.41, 5.74) is 6.77. The normalized spacial score (nSPS) is 12.1. The van der Waals surface area contributed by atoms with E-state index in [0.29, 0.717) is 0 Å². The molecule has 0 amide bonds.